The monoisotopic (exact) mass is 470 g/mol. The maximum absolute atomic E-state index is 13.8. The van der Waals surface area contributed by atoms with Crippen molar-refractivity contribution in [1.82, 2.24) is 14.7 Å². The molecule has 5 nitrogen and oxygen atoms in total. The third kappa shape index (κ3) is 4.01. The second-order valence-electron chi connectivity index (χ2n) is 7.74. The van der Waals surface area contributed by atoms with E-state index in [0.29, 0.717) is 6.54 Å². The van der Waals surface area contributed by atoms with Gasteiger partial charge in [0.2, 0.25) is 0 Å². The third-order valence-corrected chi connectivity index (χ3v) is 6.27. The Bertz CT molecular complexity index is 896. The number of alkyl halides is 3. The number of halogens is 4. The second-order valence-corrected chi connectivity index (χ2v) is 8.66. The van der Waals surface area contributed by atoms with Gasteiger partial charge in [0.15, 0.2) is 11.7 Å². The van der Waals surface area contributed by atoms with Gasteiger partial charge in [0.05, 0.1) is 6.04 Å². The van der Waals surface area contributed by atoms with Gasteiger partial charge in [0.1, 0.15) is 5.82 Å². The molecule has 3 atom stereocenters. The van der Waals surface area contributed by atoms with E-state index >= 15 is 0 Å². The van der Waals surface area contributed by atoms with Crippen molar-refractivity contribution in [3.8, 4) is 0 Å². The summed E-state index contributed by atoms with van der Waals surface area (Å²) >= 11 is 3.34. The minimum Gasteiger partial charge on any atom is -0.363 e. The summed E-state index contributed by atoms with van der Waals surface area (Å²) in [4.78, 5) is 14.6. The highest BCUT2D eigenvalue weighted by atomic mass is 79.9. The van der Waals surface area contributed by atoms with Crippen molar-refractivity contribution in [2.75, 3.05) is 11.9 Å². The first-order chi connectivity index (χ1) is 13.7. The molecule has 1 N–H and O–H groups in total. The van der Waals surface area contributed by atoms with E-state index in [-0.39, 0.29) is 29.9 Å². The molecule has 1 fully saturated rings. The second kappa shape index (κ2) is 7.66. The summed E-state index contributed by atoms with van der Waals surface area (Å²) in [5.74, 6) is -0.0819. The minimum absolute atomic E-state index is 0.0620. The predicted molar refractivity (Wildman–Crippen MR) is 107 cm³/mol. The quantitative estimate of drug-likeness (QED) is 0.645. The number of anilines is 1. The number of hydrogen-bond acceptors (Lipinski definition) is 3. The highest BCUT2D eigenvalue weighted by Crippen LogP contribution is 2.43. The molecule has 0 saturated carbocycles. The predicted octanol–water partition coefficient (Wildman–Crippen LogP) is 5.32. The Labute approximate surface area is 175 Å². The highest BCUT2D eigenvalue weighted by Gasteiger charge is 2.47. The molecule has 1 aromatic heterocycles. The van der Waals surface area contributed by atoms with Gasteiger partial charge >= 0.3 is 6.18 Å². The zero-order valence-corrected chi connectivity index (χ0v) is 17.5. The normalized spacial score (nSPS) is 24.7. The van der Waals surface area contributed by atoms with Crippen molar-refractivity contribution in [3.05, 3.63) is 46.1 Å². The number of piperidine rings is 1. The number of aromatic nitrogens is 2. The molecule has 2 aromatic rings. The first kappa shape index (κ1) is 20.3. The fraction of sp³-hybridized carbons (Fsp3) is 0.500. The molecule has 1 saturated heterocycles. The van der Waals surface area contributed by atoms with Gasteiger partial charge in [-0.25, -0.2) is 4.68 Å². The van der Waals surface area contributed by atoms with Crippen molar-refractivity contribution < 1.29 is 18.0 Å². The Morgan fingerprint density at radius 2 is 1.97 bits per heavy atom. The zero-order chi connectivity index (χ0) is 20.8. The van der Waals surface area contributed by atoms with Crippen LogP contribution in [-0.2, 0) is 0 Å². The van der Waals surface area contributed by atoms with Crippen molar-refractivity contribution >= 4 is 27.7 Å². The lowest BCUT2D eigenvalue weighted by Crippen LogP contribution is -2.42. The van der Waals surface area contributed by atoms with Crippen LogP contribution in [0.5, 0.6) is 0 Å². The van der Waals surface area contributed by atoms with Crippen LogP contribution in [0.3, 0.4) is 0 Å². The average molecular weight is 471 g/mol. The van der Waals surface area contributed by atoms with E-state index in [1.165, 1.54) is 6.07 Å². The number of likely N-dealkylation sites (tertiary alicyclic amines) is 1. The van der Waals surface area contributed by atoms with Crippen molar-refractivity contribution in [2.45, 2.75) is 56.9 Å². The average Bonchev–Trinajstić information content (AvgIpc) is 3.11. The number of amides is 1. The molecule has 4 rings (SSSR count). The fourth-order valence-electron chi connectivity index (χ4n) is 4.14. The number of carbonyl (C=O) groups excluding carboxylic acids is 1. The standard InChI is InChI=1S/C20H22BrF3N4O/c1-12-4-2-3-9-27(12)19(29)16-11-18-25-15(13-5-7-14(21)8-6-13)10-17(20(22,23)24)28(18)26-16/h5-8,11-12,15,17,25H,2-4,9-10H2,1H3. The highest BCUT2D eigenvalue weighted by molar-refractivity contribution is 9.10. The van der Waals surface area contributed by atoms with Crippen molar-refractivity contribution in [2.24, 2.45) is 0 Å². The van der Waals surface area contributed by atoms with Crippen LogP contribution in [-0.4, -0.2) is 39.4 Å². The van der Waals surface area contributed by atoms with Crippen LogP contribution in [0.2, 0.25) is 0 Å². The van der Waals surface area contributed by atoms with Gasteiger partial charge < -0.3 is 10.2 Å². The maximum Gasteiger partial charge on any atom is 0.410 e. The first-order valence-corrected chi connectivity index (χ1v) is 10.5. The van der Waals surface area contributed by atoms with E-state index in [2.05, 4.69) is 26.3 Å². The summed E-state index contributed by atoms with van der Waals surface area (Å²) in [5.41, 5.74) is 0.819. The SMILES string of the molecule is CC1CCCCN1C(=O)c1cc2n(n1)C(C(F)(F)F)CC(c1ccc(Br)cc1)N2. The Balaban J connectivity index is 1.66. The molecule has 0 bridgehead atoms. The van der Waals surface area contributed by atoms with Crippen molar-refractivity contribution in [3.63, 3.8) is 0 Å². The van der Waals surface area contributed by atoms with Crippen LogP contribution in [0.25, 0.3) is 0 Å². The van der Waals surface area contributed by atoms with E-state index in [0.717, 1.165) is 34.0 Å². The van der Waals surface area contributed by atoms with Crippen LogP contribution in [0.4, 0.5) is 19.0 Å². The lowest BCUT2D eigenvalue weighted by atomic mass is 9.97. The molecule has 0 spiro atoms. The Morgan fingerprint density at radius 3 is 2.62 bits per heavy atom. The van der Waals surface area contributed by atoms with Crippen LogP contribution >= 0.6 is 15.9 Å². The summed E-state index contributed by atoms with van der Waals surface area (Å²) in [6, 6.07) is 6.41. The number of fused-ring (bicyclic) bond motifs is 1. The lowest BCUT2D eigenvalue weighted by molar-refractivity contribution is -0.173. The molecular formula is C20H22BrF3N4O. The van der Waals surface area contributed by atoms with E-state index in [1.807, 2.05) is 6.92 Å². The molecule has 2 aliphatic rings. The summed E-state index contributed by atoms with van der Waals surface area (Å²) in [7, 11) is 0. The smallest absolute Gasteiger partial charge is 0.363 e. The van der Waals surface area contributed by atoms with E-state index in [1.54, 1.807) is 29.2 Å². The van der Waals surface area contributed by atoms with E-state index < -0.39 is 18.3 Å². The van der Waals surface area contributed by atoms with Crippen LogP contribution in [0.15, 0.2) is 34.8 Å². The molecule has 1 aromatic carbocycles. The number of benzene rings is 1. The van der Waals surface area contributed by atoms with Crippen LogP contribution in [0.1, 0.15) is 60.7 Å². The zero-order valence-electron chi connectivity index (χ0n) is 15.9. The summed E-state index contributed by atoms with van der Waals surface area (Å²) in [6.07, 6.45) is -1.80. The summed E-state index contributed by atoms with van der Waals surface area (Å²) in [6.45, 7) is 2.58. The van der Waals surface area contributed by atoms with E-state index in [9.17, 15) is 18.0 Å². The Kier molecular flexibility index (Phi) is 5.35. The molecule has 156 valence electrons. The number of carbonyl (C=O) groups is 1. The van der Waals surface area contributed by atoms with Crippen LogP contribution < -0.4 is 5.32 Å². The van der Waals surface area contributed by atoms with Crippen LogP contribution in [0, 0.1) is 0 Å². The molecule has 29 heavy (non-hydrogen) atoms. The summed E-state index contributed by atoms with van der Waals surface area (Å²) < 4.78 is 43.2. The molecule has 0 aliphatic carbocycles. The molecule has 3 heterocycles. The molecular weight excluding hydrogens is 449 g/mol. The number of rotatable bonds is 2. The third-order valence-electron chi connectivity index (χ3n) is 5.75. The number of nitrogens with one attached hydrogen (secondary N) is 1. The Hall–Kier alpha value is -2.03. The molecule has 9 heteroatoms. The topological polar surface area (TPSA) is 50.2 Å². The van der Waals surface area contributed by atoms with Gasteiger partial charge in [-0.2, -0.15) is 18.3 Å². The van der Waals surface area contributed by atoms with E-state index in [4.69, 9.17) is 0 Å². The van der Waals surface area contributed by atoms with Gasteiger partial charge in [0, 0.05) is 29.5 Å². The molecule has 0 radical (unpaired) electrons. The van der Waals surface area contributed by atoms with Crippen molar-refractivity contribution in [1.29, 1.82) is 0 Å². The van der Waals surface area contributed by atoms with Gasteiger partial charge in [-0.1, -0.05) is 28.1 Å². The lowest BCUT2D eigenvalue weighted by Gasteiger charge is -2.33. The summed E-state index contributed by atoms with van der Waals surface area (Å²) in [5, 5.41) is 7.22. The van der Waals surface area contributed by atoms with Gasteiger partial charge in [0.25, 0.3) is 5.91 Å². The van der Waals surface area contributed by atoms with Gasteiger partial charge in [-0.15, -0.1) is 0 Å². The van der Waals surface area contributed by atoms with Gasteiger partial charge in [-0.05, 0) is 43.9 Å². The largest absolute Gasteiger partial charge is 0.410 e. The minimum atomic E-state index is -4.46. The molecule has 1 amide bonds. The number of nitrogens with zero attached hydrogens (tertiary/aromatic N) is 3. The molecule has 3 unspecified atom stereocenters. The fourth-order valence-corrected chi connectivity index (χ4v) is 4.40. The van der Waals surface area contributed by atoms with Gasteiger partial charge in [-0.3, -0.25) is 4.79 Å². The number of hydrogen-bond donors (Lipinski definition) is 1. The molecule has 2 aliphatic heterocycles. The Morgan fingerprint density at radius 1 is 1.24 bits per heavy atom. The first-order valence-electron chi connectivity index (χ1n) is 9.73. The maximum atomic E-state index is 13.8.